The summed E-state index contributed by atoms with van der Waals surface area (Å²) < 4.78 is 11.1. The maximum Gasteiger partial charge on any atom is 0.341 e. The van der Waals surface area contributed by atoms with Crippen LogP contribution in [0.3, 0.4) is 0 Å². The molecule has 200 valence electrons. The first-order chi connectivity index (χ1) is 17.7. The zero-order chi connectivity index (χ0) is 27.1. The number of aromatic nitrogens is 3. The Morgan fingerprint density at radius 2 is 1.89 bits per heavy atom. The number of fused-ring (bicyclic) bond motifs is 1. The van der Waals surface area contributed by atoms with Crippen LogP contribution in [0.25, 0.3) is 11.0 Å². The Balaban J connectivity index is 1.67. The van der Waals surface area contributed by atoms with Crippen LogP contribution in [0.5, 0.6) is 0 Å². The third kappa shape index (κ3) is 6.50. The molecule has 3 heterocycles. The summed E-state index contributed by atoms with van der Waals surface area (Å²) in [4.78, 5) is 60.3. The molecule has 1 saturated heterocycles. The number of carbonyl (C=O) groups is 3. The summed E-state index contributed by atoms with van der Waals surface area (Å²) in [6, 6.07) is -0.689. The Bertz CT molecular complexity index is 1240. The first-order valence-corrected chi connectivity index (χ1v) is 12.2. The summed E-state index contributed by atoms with van der Waals surface area (Å²) in [5, 5.41) is 12.9. The Labute approximate surface area is 218 Å². The van der Waals surface area contributed by atoms with E-state index in [1.165, 1.54) is 26.6 Å². The number of nitrogens with zero attached hydrogens (tertiary/aromatic N) is 5. The van der Waals surface area contributed by atoms with E-state index in [2.05, 4.69) is 20.0 Å². The zero-order valence-corrected chi connectivity index (χ0v) is 21.7. The Kier molecular flexibility index (Phi) is 9.33. The molecule has 2 aromatic rings. The van der Waals surface area contributed by atoms with E-state index in [0.29, 0.717) is 62.3 Å². The van der Waals surface area contributed by atoms with Gasteiger partial charge in [0.05, 0.1) is 19.6 Å². The van der Waals surface area contributed by atoms with Crippen LogP contribution < -0.4 is 15.6 Å². The van der Waals surface area contributed by atoms with Crippen LogP contribution in [0.15, 0.2) is 17.2 Å². The number of hydrogen-bond donors (Lipinski definition) is 2. The largest absolute Gasteiger partial charge is 0.477 e. The molecule has 2 N–H and O–H groups in total. The van der Waals surface area contributed by atoms with Gasteiger partial charge < -0.3 is 34.3 Å². The smallest absolute Gasteiger partial charge is 0.341 e. The number of thiocarbonyl (C=S) groups is 1. The van der Waals surface area contributed by atoms with E-state index in [1.54, 1.807) is 4.57 Å². The number of carbonyl (C=O) groups excluding carboxylic acids is 2. The number of esters is 2. The second-order valence-electron chi connectivity index (χ2n) is 8.34. The van der Waals surface area contributed by atoms with Gasteiger partial charge in [0.15, 0.2) is 5.11 Å². The Morgan fingerprint density at radius 1 is 1.19 bits per heavy atom. The minimum absolute atomic E-state index is 0.149. The zero-order valence-electron chi connectivity index (χ0n) is 20.9. The van der Waals surface area contributed by atoms with Gasteiger partial charge in [-0.2, -0.15) is 4.98 Å². The lowest BCUT2D eigenvalue weighted by Gasteiger charge is -2.37. The molecular weight excluding hydrogens is 504 g/mol. The maximum absolute atomic E-state index is 12.5. The Hall–Kier alpha value is -3.81. The van der Waals surface area contributed by atoms with Crippen molar-refractivity contribution >= 4 is 52.2 Å². The second-order valence-corrected chi connectivity index (χ2v) is 8.72. The fraction of sp³-hybridized carbons (Fsp3) is 0.522. The van der Waals surface area contributed by atoms with Crippen molar-refractivity contribution < 1.29 is 29.0 Å². The van der Waals surface area contributed by atoms with Crippen molar-refractivity contribution in [2.24, 2.45) is 0 Å². The normalized spacial score (nSPS) is 14.2. The molecular formula is C23H30N6O7S. The highest BCUT2D eigenvalue weighted by atomic mass is 32.1. The van der Waals surface area contributed by atoms with Gasteiger partial charge in [0.1, 0.15) is 17.3 Å². The van der Waals surface area contributed by atoms with Crippen molar-refractivity contribution in [3.8, 4) is 0 Å². The molecule has 3 rings (SSSR count). The SMILES string of the molecule is CCn1cc(C(=O)O)c(=O)c2cnc(N3CCN(C(=S)NC(CCCC(=O)OC)C(=O)OC)CC3)nc21. The number of hydrogen-bond acceptors (Lipinski definition) is 10. The van der Waals surface area contributed by atoms with E-state index in [4.69, 9.17) is 17.0 Å². The minimum atomic E-state index is -1.29. The molecule has 0 amide bonds. The van der Waals surface area contributed by atoms with Crippen LogP contribution in [-0.2, 0) is 25.6 Å². The fourth-order valence-electron chi connectivity index (χ4n) is 4.00. The summed E-state index contributed by atoms with van der Waals surface area (Å²) in [6.07, 6.45) is 3.65. The van der Waals surface area contributed by atoms with Crippen LogP contribution in [0.1, 0.15) is 36.5 Å². The number of carboxylic acid groups (broad SMARTS) is 1. The molecule has 1 unspecified atom stereocenters. The standard InChI is InChI=1S/C23H30N6O7S/c1-4-27-13-15(20(32)33)18(31)14-12-24-22(26-19(14)27)28-8-10-29(11-9-28)23(37)25-16(21(34)36-3)6-5-7-17(30)35-2/h12-13,16H,4-11H2,1-3H3,(H,25,37)(H,32,33). The molecule has 14 heteroatoms. The van der Waals surface area contributed by atoms with Crippen molar-refractivity contribution in [2.75, 3.05) is 45.3 Å². The molecule has 0 spiro atoms. The average Bonchev–Trinajstić information content (AvgIpc) is 2.91. The highest BCUT2D eigenvalue weighted by Crippen LogP contribution is 2.16. The molecule has 0 aromatic carbocycles. The van der Waals surface area contributed by atoms with Gasteiger partial charge in [-0.1, -0.05) is 0 Å². The van der Waals surface area contributed by atoms with Crippen molar-refractivity contribution in [3.05, 3.63) is 28.2 Å². The molecule has 2 aromatic heterocycles. The molecule has 0 aliphatic carbocycles. The van der Waals surface area contributed by atoms with Gasteiger partial charge >= 0.3 is 17.9 Å². The van der Waals surface area contributed by atoms with E-state index in [-0.39, 0.29) is 23.3 Å². The number of carboxylic acids is 1. The van der Waals surface area contributed by atoms with E-state index in [0.717, 1.165) is 0 Å². The van der Waals surface area contributed by atoms with Crippen molar-refractivity contribution in [3.63, 3.8) is 0 Å². The van der Waals surface area contributed by atoms with Crippen molar-refractivity contribution in [2.45, 2.75) is 38.8 Å². The number of piperazine rings is 1. The molecule has 0 radical (unpaired) electrons. The van der Waals surface area contributed by atoms with Crippen LogP contribution in [-0.4, -0.2) is 94.0 Å². The van der Waals surface area contributed by atoms with E-state index in [9.17, 15) is 24.3 Å². The molecule has 1 fully saturated rings. The molecule has 13 nitrogen and oxygen atoms in total. The average molecular weight is 535 g/mol. The summed E-state index contributed by atoms with van der Waals surface area (Å²) >= 11 is 5.52. The predicted molar refractivity (Wildman–Crippen MR) is 138 cm³/mol. The van der Waals surface area contributed by atoms with Gasteiger partial charge in [0, 0.05) is 51.5 Å². The second kappa shape index (κ2) is 12.4. The quantitative estimate of drug-likeness (QED) is 0.337. The third-order valence-electron chi connectivity index (χ3n) is 6.11. The highest BCUT2D eigenvalue weighted by Gasteiger charge is 2.26. The van der Waals surface area contributed by atoms with E-state index >= 15 is 0 Å². The van der Waals surface area contributed by atoms with Crippen LogP contribution in [0, 0.1) is 0 Å². The van der Waals surface area contributed by atoms with Gasteiger partial charge in [-0.3, -0.25) is 9.59 Å². The number of aromatic carboxylic acids is 1. The molecule has 0 bridgehead atoms. The van der Waals surface area contributed by atoms with Gasteiger partial charge in [0.25, 0.3) is 0 Å². The fourth-order valence-corrected chi connectivity index (χ4v) is 4.33. The molecule has 1 aliphatic heterocycles. The number of anilines is 1. The number of rotatable bonds is 9. The van der Waals surface area contributed by atoms with E-state index in [1.807, 2.05) is 16.7 Å². The number of pyridine rings is 1. The van der Waals surface area contributed by atoms with Crippen molar-refractivity contribution in [1.29, 1.82) is 0 Å². The summed E-state index contributed by atoms with van der Waals surface area (Å²) in [7, 11) is 2.61. The van der Waals surface area contributed by atoms with Gasteiger partial charge in [0.2, 0.25) is 11.4 Å². The van der Waals surface area contributed by atoms with Crippen LogP contribution >= 0.6 is 12.2 Å². The maximum atomic E-state index is 12.5. The molecule has 1 aliphatic rings. The van der Waals surface area contributed by atoms with Gasteiger partial charge in [-0.05, 0) is 32.0 Å². The third-order valence-corrected chi connectivity index (χ3v) is 6.48. The van der Waals surface area contributed by atoms with Crippen molar-refractivity contribution in [1.82, 2.24) is 24.8 Å². The number of methoxy groups -OCH3 is 2. The highest BCUT2D eigenvalue weighted by molar-refractivity contribution is 7.80. The molecule has 37 heavy (non-hydrogen) atoms. The van der Waals surface area contributed by atoms with E-state index < -0.39 is 23.4 Å². The minimum Gasteiger partial charge on any atom is -0.477 e. The van der Waals surface area contributed by atoms with Gasteiger partial charge in [-0.25, -0.2) is 14.6 Å². The summed E-state index contributed by atoms with van der Waals surface area (Å²) in [5.74, 6) is -1.69. The van der Waals surface area contributed by atoms with Gasteiger partial charge in [-0.15, -0.1) is 0 Å². The summed E-state index contributed by atoms with van der Waals surface area (Å²) in [5.41, 5.74) is -0.572. The lowest BCUT2D eigenvalue weighted by molar-refractivity contribution is -0.144. The topological polar surface area (TPSA) is 156 Å². The van der Waals surface area contributed by atoms with Crippen LogP contribution in [0.2, 0.25) is 0 Å². The lowest BCUT2D eigenvalue weighted by atomic mass is 10.1. The first kappa shape index (κ1) is 27.8. The Morgan fingerprint density at radius 3 is 2.49 bits per heavy atom. The number of aryl methyl sites for hydroxylation is 1. The summed E-state index contributed by atoms with van der Waals surface area (Å²) in [6.45, 7) is 4.39. The molecule has 1 atom stereocenters. The van der Waals surface area contributed by atoms with Crippen LogP contribution in [0.4, 0.5) is 5.95 Å². The lowest BCUT2D eigenvalue weighted by Crippen LogP contribution is -2.55. The monoisotopic (exact) mass is 534 g/mol. The number of ether oxygens (including phenoxy) is 2. The number of nitrogens with one attached hydrogen (secondary N) is 1. The molecule has 0 saturated carbocycles. The predicted octanol–water partition coefficient (Wildman–Crippen LogP) is 0.391. The first-order valence-electron chi connectivity index (χ1n) is 11.8.